The number of carbonyl (C=O) groups is 1. The highest BCUT2D eigenvalue weighted by atomic mass is 16.1. The number of benzene rings is 1. The number of carbonyl (C=O) groups excluding carboxylic acids is 1. The van der Waals surface area contributed by atoms with Crippen LogP contribution in [-0.2, 0) is 0 Å². The molecular formula is C16H13N5O. The first-order valence-electron chi connectivity index (χ1n) is 6.68. The molecule has 0 saturated carbocycles. The van der Waals surface area contributed by atoms with Crippen molar-refractivity contribution >= 4 is 23.2 Å². The van der Waals surface area contributed by atoms with Gasteiger partial charge < -0.3 is 10.6 Å². The first kappa shape index (κ1) is 13.7. The average Bonchev–Trinajstić information content (AvgIpc) is 2.57. The Labute approximate surface area is 127 Å². The summed E-state index contributed by atoms with van der Waals surface area (Å²) in [7, 11) is 0. The largest absolute Gasteiger partial charge is 0.324 e. The third-order valence-corrected chi connectivity index (χ3v) is 2.86. The Morgan fingerprint density at radius 1 is 0.864 bits per heavy atom. The Morgan fingerprint density at radius 2 is 1.64 bits per heavy atom. The molecule has 6 heteroatoms. The zero-order valence-electron chi connectivity index (χ0n) is 11.6. The quantitative estimate of drug-likeness (QED) is 0.772. The third kappa shape index (κ3) is 3.43. The highest BCUT2D eigenvalue weighted by molar-refractivity contribution is 6.02. The van der Waals surface area contributed by atoms with Gasteiger partial charge in [-0.1, -0.05) is 18.2 Å². The van der Waals surface area contributed by atoms with E-state index in [1.165, 1.54) is 6.20 Å². The van der Waals surface area contributed by atoms with Crippen LogP contribution in [-0.4, -0.2) is 20.9 Å². The Morgan fingerprint density at radius 3 is 2.41 bits per heavy atom. The first-order valence-corrected chi connectivity index (χ1v) is 6.68. The van der Waals surface area contributed by atoms with E-state index >= 15 is 0 Å². The molecule has 22 heavy (non-hydrogen) atoms. The van der Waals surface area contributed by atoms with Crippen LogP contribution in [0.2, 0.25) is 0 Å². The van der Waals surface area contributed by atoms with Crippen molar-refractivity contribution < 1.29 is 4.79 Å². The van der Waals surface area contributed by atoms with Crippen LogP contribution in [0.1, 0.15) is 10.5 Å². The number of pyridine rings is 1. The van der Waals surface area contributed by atoms with Crippen LogP contribution in [0, 0.1) is 0 Å². The average molecular weight is 291 g/mol. The zero-order chi connectivity index (χ0) is 15.2. The van der Waals surface area contributed by atoms with Crippen molar-refractivity contribution in [3.63, 3.8) is 0 Å². The minimum absolute atomic E-state index is 0.286. The van der Waals surface area contributed by atoms with Crippen LogP contribution < -0.4 is 10.6 Å². The minimum atomic E-state index is -0.286. The van der Waals surface area contributed by atoms with E-state index in [1.807, 2.05) is 30.3 Å². The first-order chi connectivity index (χ1) is 10.8. The van der Waals surface area contributed by atoms with Gasteiger partial charge in [-0.3, -0.25) is 9.78 Å². The highest BCUT2D eigenvalue weighted by Gasteiger charge is 2.09. The molecule has 1 aromatic carbocycles. The standard InChI is InChI=1S/C16H13N5O/c22-15(19-12-4-2-1-3-5-12)14-8-11-18-16(21-14)20-13-6-9-17-10-7-13/h1-11H,(H,19,22)(H,17,18,20,21). The molecule has 2 heterocycles. The van der Waals surface area contributed by atoms with Crippen molar-refractivity contribution in [2.75, 3.05) is 10.6 Å². The molecule has 0 radical (unpaired) electrons. The SMILES string of the molecule is O=C(Nc1ccccc1)c1ccnc(Nc2ccncc2)n1. The van der Waals surface area contributed by atoms with Gasteiger partial charge in [0.25, 0.3) is 5.91 Å². The summed E-state index contributed by atoms with van der Waals surface area (Å²) in [6.07, 6.45) is 4.86. The van der Waals surface area contributed by atoms with Crippen molar-refractivity contribution in [2.45, 2.75) is 0 Å². The second kappa shape index (κ2) is 6.45. The number of nitrogens with one attached hydrogen (secondary N) is 2. The maximum atomic E-state index is 12.2. The molecule has 0 aliphatic heterocycles. The van der Waals surface area contributed by atoms with E-state index in [0.29, 0.717) is 5.95 Å². The Kier molecular flexibility index (Phi) is 4.01. The zero-order valence-corrected chi connectivity index (χ0v) is 11.6. The molecule has 0 atom stereocenters. The van der Waals surface area contributed by atoms with Crippen LogP contribution in [0.15, 0.2) is 67.1 Å². The summed E-state index contributed by atoms with van der Waals surface area (Å²) in [5, 5.41) is 5.80. The lowest BCUT2D eigenvalue weighted by atomic mass is 10.3. The molecule has 2 N–H and O–H groups in total. The molecule has 3 aromatic rings. The number of nitrogens with zero attached hydrogens (tertiary/aromatic N) is 3. The predicted octanol–water partition coefficient (Wildman–Crippen LogP) is 2.87. The van der Waals surface area contributed by atoms with Gasteiger partial charge in [-0.05, 0) is 30.3 Å². The van der Waals surface area contributed by atoms with Gasteiger partial charge in [0.05, 0.1) is 0 Å². The molecule has 0 aliphatic carbocycles. The molecule has 0 aliphatic rings. The molecule has 0 spiro atoms. The fraction of sp³-hybridized carbons (Fsp3) is 0. The van der Waals surface area contributed by atoms with Gasteiger partial charge in [0.2, 0.25) is 5.95 Å². The Balaban J connectivity index is 1.75. The van der Waals surface area contributed by atoms with Gasteiger partial charge in [-0.2, -0.15) is 0 Å². The van der Waals surface area contributed by atoms with Gasteiger partial charge in [-0.25, -0.2) is 9.97 Å². The van der Waals surface area contributed by atoms with Crippen molar-refractivity contribution in [2.24, 2.45) is 0 Å². The number of anilines is 3. The molecular weight excluding hydrogens is 278 g/mol. The van der Waals surface area contributed by atoms with Crippen molar-refractivity contribution in [3.8, 4) is 0 Å². The Hall–Kier alpha value is -3.28. The van der Waals surface area contributed by atoms with E-state index in [2.05, 4.69) is 25.6 Å². The molecule has 0 unspecified atom stereocenters. The molecule has 108 valence electrons. The summed E-state index contributed by atoms with van der Waals surface area (Å²) in [5.74, 6) is 0.0679. The van der Waals surface area contributed by atoms with Crippen molar-refractivity contribution in [1.82, 2.24) is 15.0 Å². The van der Waals surface area contributed by atoms with Gasteiger partial charge in [0, 0.05) is 30.0 Å². The molecule has 3 rings (SSSR count). The number of para-hydroxylation sites is 1. The monoisotopic (exact) mass is 291 g/mol. The smallest absolute Gasteiger partial charge is 0.274 e. The summed E-state index contributed by atoms with van der Waals surface area (Å²) in [6, 6.07) is 14.4. The maximum Gasteiger partial charge on any atom is 0.274 e. The van der Waals surface area contributed by atoms with Crippen LogP contribution in [0.5, 0.6) is 0 Å². The second-order valence-electron chi connectivity index (χ2n) is 4.45. The van der Waals surface area contributed by atoms with Gasteiger partial charge in [-0.15, -0.1) is 0 Å². The van der Waals surface area contributed by atoms with Gasteiger partial charge in [0.15, 0.2) is 0 Å². The molecule has 6 nitrogen and oxygen atoms in total. The summed E-state index contributed by atoms with van der Waals surface area (Å²) in [5.41, 5.74) is 1.81. The summed E-state index contributed by atoms with van der Waals surface area (Å²) < 4.78 is 0. The fourth-order valence-electron chi connectivity index (χ4n) is 1.83. The normalized spacial score (nSPS) is 10.0. The minimum Gasteiger partial charge on any atom is -0.324 e. The lowest BCUT2D eigenvalue weighted by Gasteiger charge is -2.07. The second-order valence-corrected chi connectivity index (χ2v) is 4.45. The van der Waals surface area contributed by atoms with Crippen LogP contribution >= 0.6 is 0 Å². The third-order valence-electron chi connectivity index (χ3n) is 2.86. The molecule has 0 saturated heterocycles. The highest BCUT2D eigenvalue weighted by Crippen LogP contribution is 2.12. The predicted molar refractivity (Wildman–Crippen MR) is 83.9 cm³/mol. The number of hydrogen-bond acceptors (Lipinski definition) is 5. The fourth-order valence-corrected chi connectivity index (χ4v) is 1.83. The van der Waals surface area contributed by atoms with E-state index in [0.717, 1.165) is 11.4 Å². The van der Waals surface area contributed by atoms with Crippen LogP contribution in [0.3, 0.4) is 0 Å². The van der Waals surface area contributed by atoms with Crippen LogP contribution in [0.25, 0.3) is 0 Å². The van der Waals surface area contributed by atoms with Crippen molar-refractivity contribution in [3.05, 3.63) is 72.8 Å². The van der Waals surface area contributed by atoms with Crippen molar-refractivity contribution in [1.29, 1.82) is 0 Å². The number of amides is 1. The topological polar surface area (TPSA) is 79.8 Å². The summed E-state index contributed by atoms with van der Waals surface area (Å²) in [6.45, 7) is 0. The van der Waals surface area contributed by atoms with E-state index < -0.39 is 0 Å². The van der Waals surface area contributed by atoms with E-state index in [4.69, 9.17) is 0 Å². The number of aromatic nitrogens is 3. The Bertz CT molecular complexity index is 762. The van der Waals surface area contributed by atoms with Gasteiger partial charge >= 0.3 is 0 Å². The lowest BCUT2D eigenvalue weighted by Crippen LogP contribution is -2.14. The van der Waals surface area contributed by atoms with Crippen LogP contribution in [0.4, 0.5) is 17.3 Å². The van der Waals surface area contributed by atoms with E-state index in [1.54, 1.807) is 30.6 Å². The maximum absolute atomic E-state index is 12.2. The molecule has 0 fully saturated rings. The summed E-state index contributed by atoms with van der Waals surface area (Å²) in [4.78, 5) is 24.4. The summed E-state index contributed by atoms with van der Waals surface area (Å²) >= 11 is 0. The number of rotatable bonds is 4. The molecule has 0 bridgehead atoms. The lowest BCUT2D eigenvalue weighted by molar-refractivity contribution is 0.102. The van der Waals surface area contributed by atoms with Gasteiger partial charge in [0.1, 0.15) is 5.69 Å². The molecule has 2 aromatic heterocycles. The number of hydrogen-bond donors (Lipinski definition) is 2. The molecule has 1 amide bonds. The van der Waals surface area contributed by atoms with E-state index in [9.17, 15) is 4.79 Å². The van der Waals surface area contributed by atoms with E-state index in [-0.39, 0.29) is 11.6 Å².